The molecule has 0 aliphatic carbocycles. The summed E-state index contributed by atoms with van der Waals surface area (Å²) in [6.07, 6.45) is 0.514. The van der Waals surface area contributed by atoms with Crippen LogP contribution in [0.25, 0.3) is 0 Å². The summed E-state index contributed by atoms with van der Waals surface area (Å²) in [4.78, 5) is 22.1. The van der Waals surface area contributed by atoms with Crippen LogP contribution >= 0.6 is 11.3 Å². The minimum Gasteiger partial charge on any atom is -0.340 e. The predicted octanol–water partition coefficient (Wildman–Crippen LogP) is 4.32. The fraction of sp³-hybridized carbons (Fsp3) is 0.333. The number of amides is 1. The van der Waals surface area contributed by atoms with E-state index in [-0.39, 0.29) is 11.8 Å². The maximum Gasteiger partial charge on any atom is 0.223 e. The maximum absolute atomic E-state index is 13.1. The molecule has 0 saturated carbocycles. The van der Waals surface area contributed by atoms with Crippen LogP contribution in [0.2, 0.25) is 0 Å². The largest absolute Gasteiger partial charge is 0.340 e. The Morgan fingerprint density at radius 1 is 0.966 bits per heavy atom. The predicted molar refractivity (Wildman–Crippen MR) is 118 cm³/mol. The Bertz CT molecular complexity index is 878. The Kier molecular flexibility index (Phi) is 6.37. The highest BCUT2D eigenvalue weighted by Crippen LogP contribution is 2.28. The van der Waals surface area contributed by atoms with E-state index < -0.39 is 0 Å². The number of benzene rings is 2. The molecule has 0 N–H and O–H groups in total. The number of hydrogen-bond donors (Lipinski definition) is 0. The highest BCUT2D eigenvalue weighted by molar-refractivity contribution is 7.09. The van der Waals surface area contributed by atoms with Crippen LogP contribution in [0.4, 0.5) is 0 Å². The Labute approximate surface area is 176 Å². The number of carbonyl (C=O) groups excluding carboxylic acids is 1. The van der Waals surface area contributed by atoms with Gasteiger partial charge in [-0.3, -0.25) is 9.69 Å². The van der Waals surface area contributed by atoms with Gasteiger partial charge in [0, 0.05) is 49.6 Å². The Morgan fingerprint density at radius 2 is 1.55 bits per heavy atom. The number of carbonyl (C=O) groups is 1. The summed E-state index contributed by atoms with van der Waals surface area (Å²) in [5.41, 5.74) is 3.49. The lowest BCUT2D eigenvalue weighted by molar-refractivity contribution is -0.133. The minimum atomic E-state index is 0.0984. The lowest BCUT2D eigenvalue weighted by Crippen LogP contribution is -2.48. The van der Waals surface area contributed by atoms with Crippen molar-refractivity contribution in [3.63, 3.8) is 0 Å². The fourth-order valence-corrected chi connectivity index (χ4v) is 4.74. The average molecular weight is 406 g/mol. The van der Waals surface area contributed by atoms with Crippen molar-refractivity contribution >= 4 is 17.2 Å². The van der Waals surface area contributed by atoms with Gasteiger partial charge in [-0.2, -0.15) is 0 Å². The quantitative estimate of drug-likeness (QED) is 0.613. The molecule has 0 radical (unpaired) electrons. The number of aromatic nitrogens is 1. The average Bonchev–Trinajstić information content (AvgIpc) is 3.18. The number of piperazine rings is 1. The van der Waals surface area contributed by atoms with Crippen molar-refractivity contribution in [1.82, 2.24) is 14.8 Å². The molecule has 0 atom stereocenters. The van der Waals surface area contributed by atoms with Crippen molar-refractivity contribution in [3.8, 4) is 0 Å². The van der Waals surface area contributed by atoms with Gasteiger partial charge in [-0.1, -0.05) is 60.7 Å². The van der Waals surface area contributed by atoms with E-state index in [4.69, 9.17) is 0 Å². The summed E-state index contributed by atoms with van der Waals surface area (Å²) in [5.74, 6) is 0.341. The van der Waals surface area contributed by atoms with Crippen LogP contribution in [0, 0.1) is 6.92 Å². The van der Waals surface area contributed by atoms with Crippen LogP contribution in [-0.4, -0.2) is 46.9 Å². The van der Waals surface area contributed by atoms with E-state index in [1.165, 1.54) is 11.1 Å². The zero-order valence-electron chi connectivity index (χ0n) is 16.8. The van der Waals surface area contributed by atoms with Gasteiger partial charge in [0.2, 0.25) is 5.91 Å². The van der Waals surface area contributed by atoms with Crippen LogP contribution in [0.3, 0.4) is 0 Å². The summed E-state index contributed by atoms with van der Waals surface area (Å²) < 4.78 is 0. The molecule has 1 saturated heterocycles. The van der Waals surface area contributed by atoms with Crippen molar-refractivity contribution in [2.45, 2.75) is 25.8 Å². The normalized spacial score (nSPS) is 15.0. The summed E-state index contributed by atoms with van der Waals surface area (Å²) in [6.45, 7) is 6.32. The Hall–Kier alpha value is -2.50. The first-order valence-electron chi connectivity index (χ1n) is 10.2. The monoisotopic (exact) mass is 405 g/mol. The van der Waals surface area contributed by atoms with Gasteiger partial charge in [0.15, 0.2) is 0 Å². The van der Waals surface area contributed by atoms with Crippen LogP contribution in [0.15, 0.2) is 66.0 Å². The molecule has 1 aliphatic rings. The van der Waals surface area contributed by atoms with Crippen LogP contribution in [0.1, 0.15) is 34.2 Å². The van der Waals surface area contributed by atoms with Crippen LogP contribution in [0.5, 0.6) is 0 Å². The third kappa shape index (κ3) is 5.11. The molecular weight excluding hydrogens is 378 g/mol. The van der Waals surface area contributed by atoms with Crippen LogP contribution < -0.4 is 0 Å². The first kappa shape index (κ1) is 19.8. The SMILES string of the molecule is Cc1csc(CN2CCN(C(=O)CC(c3ccccc3)c3ccccc3)CC2)n1. The van der Waals surface area contributed by atoms with E-state index >= 15 is 0 Å². The molecule has 2 heterocycles. The van der Waals surface area contributed by atoms with E-state index in [1.54, 1.807) is 11.3 Å². The molecule has 1 aliphatic heterocycles. The number of hydrogen-bond acceptors (Lipinski definition) is 4. The fourth-order valence-electron chi connectivity index (χ4n) is 3.92. The second-order valence-corrected chi connectivity index (χ2v) is 8.56. The first-order chi connectivity index (χ1) is 14.2. The molecular formula is C24H27N3OS. The van der Waals surface area contributed by atoms with Gasteiger partial charge in [-0.25, -0.2) is 4.98 Å². The van der Waals surface area contributed by atoms with Gasteiger partial charge in [-0.15, -0.1) is 11.3 Å². The topological polar surface area (TPSA) is 36.4 Å². The van der Waals surface area contributed by atoms with Gasteiger partial charge in [0.1, 0.15) is 5.01 Å². The zero-order valence-corrected chi connectivity index (χ0v) is 17.6. The molecule has 0 spiro atoms. The molecule has 2 aromatic carbocycles. The Morgan fingerprint density at radius 3 is 2.07 bits per heavy atom. The summed E-state index contributed by atoms with van der Waals surface area (Å²) in [6, 6.07) is 20.7. The van der Waals surface area contributed by atoms with Gasteiger partial charge >= 0.3 is 0 Å². The molecule has 4 rings (SSSR count). The van der Waals surface area contributed by atoms with Gasteiger partial charge in [0.05, 0.1) is 6.54 Å². The molecule has 1 fully saturated rings. The van der Waals surface area contributed by atoms with Crippen molar-refractivity contribution in [2.24, 2.45) is 0 Å². The van der Waals surface area contributed by atoms with Crippen molar-refractivity contribution < 1.29 is 4.79 Å². The van der Waals surface area contributed by atoms with Gasteiger partial charge in [-0.05, 0) is 18.1 Å². The highest BCUT2D eigenvalue weighted by atomic mass is 32.1. The highest BCUT2D eigenvalue weighted by Gasteiger charge is 2.25. The van der Waals surface area contributed by atoms with Crippen molar-refractivity contribution in [3.05, 3.63) is 87.9 Å². The molecule has 0 bridgehead atoms. The molecule has 3 aromatic rings. The lowest BCUT2D eigenvalue weighted by Gasteiger charge is -2.35. The molecule has 1 aromatic heterocycles. The van der Waals surface area contributed by atoms with Crippen molar-refractivity contribution in [1.29, 1.82) is 0 Å². The molecule has 1 amide bonds. The summed E-state index contributed by atoms with van der Waals surface area (Å²) in [5, 5.41) is 3.26. The van der Waals surface area contributed by atoms with Gasteiger partial charge < -0.3 is 4.90 Å². The summed E-state index contributed by atoms with van der Waals surface area (Å²) in [7, 11) is 0. The third-order valence-corrected chi connectivity index (χ3v) is 6.48. The van der Waals surface area contributed by atoms with Crippen molar-refractivity contribution in [2.75, 3.05) is 26.2 Å². The first-order valence-corrected chi connectivity index (χ1v) is 11.1. The smallest absolute Gasteiger partial charge is 0.223 e. The zero-order chi connectivity index (χ0) is 20.1. The summed E-state index contributed by atoms with van der Waals surface area (Å²) >= 11 is 1.72. The number of aryl methyl sites for hydroxylation is 1. The molecule has 29 heavy (non-hydrogen) atoms. The number of rotatable bonds is 6. The third-order valence-electron chi connectivity index (χ3n) is 5.53. The minimum absolute atomic E-state index is 0.0984. The van der Waals surface area contributed by atoms with Crippen LogP contribution in [-0.2, 0) is 11.3 Å². The molecule has 4 nitrogen and oxygen atoms in total. The maximum atomic E-state index is 13.1. The Balaban J connectivity index is 1.38. The molecule has 0 unspecified atom stereocenters. The van der Waals surface area contributed by atoms with E-state index in [0.29, 0.717) is 6.42 Å². The second-order valence-electron chi connectivity index (χ2n) is 7.62. The van der Waals surface area contributed by atoms with E-state index in [2.05, 4.69) is 63.8 Å². The van der Waals surface area contributed by atoms with E-state index in [9.17, 15) is 4.79 Å². The number of thiazole rings is 1. The molecule has 5 heteroatoms. The standard InChI is InChI=1S/C24H27N3OS/c1-19-18-29-23(25-19)17-26-12-14-27(15-13-26)24(28)16-22(20-8-4-2-5-9-20)21-10-6-3-7-11-21/h2-11,18,22H,12-17H2,1H3. The molecule has 150 valence electrons. The lowest BCUT2D eigenvalue weighted by atomic mass is 9.88. The second kappa shape index (κ2) is 9.33. The van der Waals surface area contributed by atoms with Gasteiger partial charge in [0.25, 0.3) is 0 Å². The van der Waals surface area contributed by atoms with E-state index in [1.807, 2.05) is 24.0 Å². The van der Waals surface area contributed by atoms with E-state index in [0.717, 1.165) is 43.4 Å². The number of nitrogens with zero attached hydrogens (tertiary/aromatic N) is 3.